The molecule has 1 amide bonds. The molecule has 0 atom stereocenters. The zero-order valence-electron chi connectivity index (χ0n) is 15.7. The van der Waals surface area contributed by atoms with Crippen LogP contribution in [-0.4, -0.2) is 25.6 Å². The lowest BCUT2D eigenvalue weighted by molar-refractivity contribution is 0.0977. The highest BCUT2D eigenvalue weighted by Crippen LogP contribution is 2.49. The van der Waals surface area contributed by atoms with Gasteiger partial charge in [-0.3, -0.25) is 9.78 Å². The fourth-order valence-electron chi connectivity index (χ4n) is 3.23. The van der Waals surface area contributed by atoms with Crippen molar-refractivity contribution in [3.63, 3.8) is 0 Å². The predicted octanol–water partition coefficient (Wildman–Crippen LogP) is 3.90. The standard InChI is InChI=1S/C20H20ClFN2O4S/c1-29(26,27)24-20(25)16-8-17(21)13(6-18(16)22)10-28-14-7-15(11-2-3-11)19(23-9-14)12-4-5-12/h6-9,11-12H,2-5,10H2,1H3,(H,24,25). The normalized spacial score (nSPS) is 16.5. The van der Waals surface area contributed by atoms with Gasteiger partial charge in [-0.25, -0.2) is 17.5 Å². The minimum Gasteiger partial charge on any atom is -0.487 e. The van der Waals surface area contributed by atoms with Crippen LogP contribution < -0.4 is 9.46 Å². The summed E-state index contributed by atoms with van der Waals surface area (Å²) in [4.78, 5) is 16.5. The van der Waals surface area contributed by atoms with Crippen molar-refractivity contribution in [2.45, 2.75) is 44.1 Å². The molecule has 9 heteroatoms. The van der Waals surface area contributed by atoms with Gasteiger partial charge < -0.3 is 4.74 Å². The van der Waals surface area contributed by atoms with Gasteiger partial charge >= 0.3 is 0 Å². The molecule has 29 heavy (non-hydrogen) atoms. The third kappa shape index (κ3) is 4.87. The molecule has 0 radical (unpaired) electrons. The first-order valence-corrected chi connectivity index (χ1v) is 11.6. The third-order valence-electron chi connectivity index (χ3n) is 4.96. The molecular weight excluding hydrogens is 419 g/mol. The average molecular weight is 439 g/mol. The molecule has 4 rings (SSSR count). The molecule has 1 aromatic carbocycles. The SMILES string of the molecule is CS(=O)(=O)NC(=O)c1cc(Cl)c(COc2cnc(C3CC3)c(C3CC3)c2)cc1F. The number of sulfonamides is 1. The van der Waals surface area contributed by atoms with Gasteiger partial charge in [0, 0.05) is 22.2 Å². The topological polar surface area (TPSA) is 85.4 Å². The summed E-state index contributed by atoms with van der Waals surface area (Å²) in [5.74, 6) is -0.251. The Bertz CT molecular complexity index is 1080. The Kier molecular flexibility index (Phi) is 5.25. The molecule has 2 aromatic rings. The van der Waals surface area contributed by atoms with Crippen molar-refractivity contribution in [3.05, 3.63) is 57.6 Å². The van der Waals surface area contributed by atoms with Crippen LogP contribution in [0, 0.1) is 5.82 Å². The Morgan fingerprint density at radius 1 is 1.24 bits per heavy atom. The molecule has 1 heterocycles. The first-order chi connectivity index (χ1) is 13.7. The van der Waals surface area contributed by atoms with Crippen molar-refractivity contribution >= 4 is 27.5 Å². The van der Waals surface area contributed by atoms with E-state index in [4.69, 9.17) is 16.3 Å². The van der Waals surface area contributed by atoms with E-state index in [-0.39, 0.29) is 11.6 Å². The molecule has 0 aliphatic heterocycles. The maximum Gasteiger partial charge on any atom is 0.267 e. The zero-order chi connectivity index (χ0) is 20.8. The van der Waals surface area contributed by atoms with Gasteiger partial charge in [0.15, 0.2) is 0 Å². The van der Waals surface area contributed by atoms with Crippen molar-refractivity contribution in [1.29, 1.82) is 0 Å². The van der Waals surface area contributed by atoms with Crippen LogP contribution in [0.2, 0.25) is 5.02 Å². The lowest BCUT2D eigenvalue weighted by Gasteiger charge is -2.13. The molecule has 0 saturated heterocycles. The number of ether oxygens (including phenoxy) is 1. The Balaban J connectivity index is 1.49. The van der Waals surface area contributed by atoms with Crippen LogP contribution in [0.3, 0.4) is 0 Å². The van der Waals surface area contributed by atoms with E-state index >= 15 is 0 Å². The van der Waals surface area contributed by atoms with Crippen LogP contribution in [0.4, 0.5) is 4.39 Å². The summed E-state index contributed by atoms with van der Waals surface area (Å²) >= 11 is 6.16. The molecule has 2 saturated carbocycles. The number of hydrogen-bond donors (Lipinski definition) is 1. The largest absolute Gasteiger partial charge is 0.487 e. The van der Waals surface area contributed by atoms with E-state index in [9.17, 15) is 17.6 Å². The molecule has 0 bridgehead atoms. The molecule has 154 valence electrons. The number of nitrogens with one attached hydrogen (secondary N) is 1. The average Bonchev–Trinajstić information content (AvgIpc) is 3.53. The maximum atomic E-state index is 14.3. The summed E-state index contributed by atoms with van der Waals surface area (Å²) in [5, 5.41) is 0.107. The monoisotopic (exact) mass is 438 g/mol. The molecule has 1 N–H and O–H groups in total. The summed E-state index contributed by atoms with van der Waals surface area (Å²) in [7, 11) is -3.81. The molecule has 2 aliphatic rings. The van der Waals surface area contributed by atoms with Crippen molar-refractivity contribution in [2.75, 3.05) is 6.26 Å². The van der Waals surface area contributed by atoms with E-state index < -0.39 is 27.3 Å². The quantitative estimate of drug-likeness (QED) is 0.708. The van der Waals surface area contributed by atoms with Crippen molar-refractivity contribution < 1.29 is 22.3 Å². The number of carbonyl (C=O) groups excluding carboxylic acids is 1. The van der Waals surface area contributed by atoms with Gasteiger partial charge in [0.2, 0.25) is 10.0 Å². The van der Waals surface area contributed by atoms with Crippen molar-refractivity contribution in [1.82, 2.24) is 9.71 Å². The number of halogens is 2. The van der Waals surface area contributed by atoms with Crippen LogP contribution in [0.25, 0.3) is 0 Å². The van der Waals surface area contributed by atoms with Gasteiger partial charge in [0.1, 0.15) is 18.2 Å². The second kappa shape index (κ2) is 7.57. The predicted molar refractivity (Wildman–Crippen MR) is 106 cm³/mol. The van der Waals surface area contributed by atoms with Gasteiger partial charge in [-0.1, -0.05) is 11.6 Å². The minimum absolute atomic E-state index is 0.00170. The summed E-state index contributed by atoms with van der Waals surface area (Å²) in [6.45, 7) is -0.00170. The number of aromatic nitrogens is 1. The van der Waals surface area contributed by atoms with Crippen LogP contribution in [0.15, 0.2) is 24.4 Å². The number of pyridine rings is 1. The fourth-order valence-corrected chi connectivity index (χ4v) is 3.89. The van der Waals surface area contributed by atoms with Crippen LogP contribution in [-0.2, 0) is 16.6 Å². The first kappa shape index (κ1) is 20.1. The number of carbonyl (C=O) groups is 1. The van der Waals surface area contributed by atoms with E-state index in [1.807, 2.05) is 6.07 Å². The van der Waals surface area contributed by atoms with Gasteiger partial charge in [0.25, 0.3) is 5.91 Å². The summed E-state index contributed by atoms with van der Waals surface area (Å²) in [6, 6.07) is 4.18. The smallest absolute Gasteiger partial charge is 0.267 e. The molecule has 6 nitrogen and oxygen atoms in total. The second-order valence-electron chi connectivity index (χ2n) is 7.61. The van der Waals surface area contributed by atoms with Crippen LogP contribution in [0.1, 0.15) is 64.7 Å². The molecular formula is C20H20ClFN2O4S. The van der Waals surface area contributed by atoms with E-state index in [1.165, 1.54) is 36.9 Å². The number of hydrogen-bond acceptors (Lipinski definition) is 5. The lowest BCUT2D eigenvalue weighted by atomic mass is 10.1. The molecule has 2 aliphatic carbocycles. The van der Waals surface area contributed by atoms with E-state index in [2.05, 4.69) is 4.98 Å². The fraction of sp³-hybridized carbons (Fsp3) is 0.400. The molecule has 2 fully saturated rings. The molecule has 1 aromatic heterocycles. The lowest BCUT2D eigenvalue weighted by Crippen LogP contribution is -2.30. The maximum absolute atomic E-state index is 14.3. The first-order valence-electron chi connectivity index (χ1n) is 9.34. The minimum atomic E-state index is -3.81. The summed E-state index contributed by atoms with van der Waals surface area (Å²) < 4.78 is 44.2. The van der Waals surface area contributed by atoms with Crippen molar-refractivity contribution in [3.8, 4) is 5.75 Å². The number of amides is 1. The summed E-state index contributed by atoms with van der Waals surface area (Å²) in [6.07, 6.45) is 7.18. The highest BCUT2D eigenvalue weighted by Gasteiger charge is 2.34. The molecule has 0 unspecified atom stereocenters. The molecule has 0 spiro atoms. The van der Waals surface area contributed by atoms with Crippen LogP contribution in [0.5, 0.6) is 5.75 Å². The highest BCUT2D eigenvalue weighted by atomic mass is 35.5. The Hall–Kier alpha value is -2.19. The Labute approximate surface area is 173 Å². The van der Waals surface area contributed by atoms with Crippen LogP contribution >= 0.6 is 11.6 Å². The highest BCUT2D eigenvalue weighted by molar-refractivity contribution is 7.89. The number of benzene rings is 1. The second-order valence-corrected chi connectivity index (χ2v) is 9.77. The number of rotatable bonds is 7. The van der Waals surface area contributed by atoms with Gasteiger partial charge in [-0.2, -0.15) is 0 Å². The van der Waals surface area contributed by atoms with E-state index in [0.717, 1.165) is 18.4 Å². The Morgan fingerprint density at radius 2 is 1.93 bits per heavy atom. The van der Waals surface area contributed by atoms with Gasteiger partial charge in [-0.05, 0) is 55.4 Å². The Morgan fingerprint density at radius 3 is 2.55 bits per heavy atom. The summed E-state index contributed by atoms with van der Waals surface area (Å²) in [5.41, 5.74) is 2.32. The zero-order valence-corrected chi connectivity index (χ0v) is 17.3. The third-order valence-corrected chi connectivity index (χ3v) is 5.87. The van der Waals surface area contributed by atoms with Gasteiger partial charge in [-0.15, -0.1) is 0 Å². The number of nitrogens with zero attached hydrogens (tertiary/aromatic N) is 1. The van der Waals surface area contributed by atoms with E-state index in [0.29, 0.717) is 23.1 Å². The van der Waals surface area contributed by atoms with Crippen molar-refractivity contribution in [2.24, 2.45) is 0 Å². The van der Waals surface area contributed by atoms with Gasteiger partial charge in [0.05, 0.1) is 18.0 Å². The van der Waals surface area contributed by atoms with E-state index in [1.54, 1.807) is 10.9 Å².